The lowest BCUT2D eigenvalue weighted by Gasteiger charge is -2.18. The van der Waals surface area contributed by atoms with Crippen LogP contribution in [0.5, 0.6) is 0 Å². The largest absolute Gasteiger partial charge is 0.376 e. The molecule has 4 heteroatoms. The van der Waals surface area contributed by atoms with Crippen LogP contribution in [0.1, 0.15) is 47.8 Å². The van der Waals surface area contributed by atoms with Crippen LogP contribution >= 0.6 is 0 Å². The van der Waals surface area contributed by atoms with Crippen molar-refractivity contribution in [3.63, 3.8) is 0 Å². The molecular formula is C19H24N2O2. The van der Waals surface area contributed by atoms with Crippen LogP contribution in [0.25, 0.3) is 10.9 Å². The number of carbonyl (C=O) groups excluding carboxylic acids is 1. The van der Waals surface area contributed by atoms with Gasteiger partial charge in [-0.3, -0.25) is 4.79 Å². The maximum atomic E-state index is 12.4. The lowest BCUT2D eigenvalue weighted by molar-refractivity contribution is 0.0858. The number of aromatic nitrogens is 1. The number of nitrogens with one attached hydrogen (secondary N) is 2. The first-order valence-electron chi connectivity index (χ1n) is 8.74. The van der Waals surface area contributed by atoms with E-state index in [-0.39, 0.29) is 12.0 Å². The minimum Gasteiger partial charge on any atom is -0.376 e. The van der Waals surface area contributed by atoms with E-state index in [1.54, 1.807) is 0 Å². The van der Waals surface area contributed by atoms with Crippen molar-refractivity contribution < 1.29 is 9.53 Å². The number of amides is 1. The molecule has 1 aliphatic carbocycles. The minimum absolute atomic E-state index is 0.00112. The molecule has 1 aromatic heterocycles. The molecule has 0 bridgehead atoms. The second-order valence-corrected chi connectivity index (χ2v) is 7.04. The van der Waals surface area contributed by atoms with E-state index in [4.69, 9.17) is 4.74 Å². The number of fused-ring (bicyclic) bond motifs is 3. The van der Waals surface area contributed by atoms with Gasteiger partial charge in [-0.15, -0.1) is 0 Å². The molecule has 1 amide bonds. The van der Waals surface area contributed by atoms with Gasteiger partial charge in [-0.05, 0) is 61.8 Å². The summed E-state index contributed by atoms with van der Waals surface area (Å²) in [7, 11) is 0. The van der Waals surface area contributed by atoms with Gasteiger partial charge in [0.2, 0.25) is 0 Å². The SMILES string of the molecule is C[C@H]1CCc2[nH]c3ccc(C(=O)NC[C@H]4CCCO4)cc3c2C1. The van der Waals surface area contributed by atoms with Crippen LogP contribution in [-0.4, -0.2) is 30.1 Å². The first kappa shape index (κ1) is 14.8. The smallest absolute Gasteiger partial charge is 0.251 e. The van der Waals surface area contributed by atoms with Gasteiger partial charge in [0.15, 0.2) is 0 Å². The molecule has 2 aliphatic rings. The molecular weight excluding hydrogens is 288 g/mol. The Hall–Kier alpha value is -1.81. The first-order chi connectivity index (χ1) is 11.2. The number of benzene rings is 1. The van der Waals surface area contributed by atoms with Gasteiger partial charge in [-0.1, -0.05) is 6.92 Å². The Kier molecular flexibility index (Phi) is 3.85. The number of rotatable bonds is 3. The fourth-order valence-corrected chi connectivity index (χ4v) is 3.85. The van der Waals surface area contributed by atoms with E-state index in [2.05, 4.69) is 17.2 Å². The minimum atomic E-state index is 0.00112. The van der Waals surface area contributed by atoms with E-state index < -0.39 is 0 Å². The summed E-state index contributed by atoms with van der Waals surface area (Å²) in [4.78, 5) is 16.0. The maximum absolute atomic E-state index is 12.4. The summed E-state index contributed by atoms with van der Waals surface area (Å²) in [5, 5.41) is 4.23. The van der Waals surface area contributed by atoms with Crippen molar-refractivity contribution in [2.45, 2.75) is 45.1 Å². The number of carbonyl (C=O) groups is 1. The van der Waals surface area contributed by atoms with Gasteiger partial charge in [0.25, 0.3) is 5.91 Å². The second kappa shape index (κ2) is 6.00. The summed E-state index contributed by atoms with van der Waals surface area (Å²) in [5.41, 5.74) is 4.66. The van der Waals surface area contributed by atoms with Crippen molar-refractivity contribution in [1.29, 1.82) is 0 Å². The normalized spacial score (nSPS) is 23.9. The van der Waals surface area contributed by atoms with E-state index in [1.165, 1.54) is 23.1 Å². The third-order valence-corrected chi connectivity index (χ3v) is 5.21. The van der Waals surface area contributed by atoms with Crippen LogP contribution in [0.15, 0.2) is 18.2 Å². The molecule has 2 heterocycles. The monoisotopic (exact) mass is 312 g/mol. The highest BCUT2D eigenvalue weighted by Crippen LogP contribution is 2.32. The molecule has 1 aromatic carbocycles. The molecule has 1 fully saturated rings. The molecule has 2 aromatic rings. The molecule has 23 heavy (non-hydrogen) atoms. The molecule has 2 atom stereocenters. The van der Waals surface area contributed by atoms with Crippen molar-refractivity contribution >= 4 is 16.8 Å². The van der Waals surface area contributed by atoms with Crippen molar-refractivity contribution in [3.8, 4) is 0 Å². The van der Waals surface area contributed by atoms with Crippen LogP contribution in [0.2, 0.25) is 0 Å². The van der Waals surface area contributed by atoms with Crippen LogP contribution in [0.3, 0.4) is 0 Å². The molecule has 122 valence electrons. The number of aryl methyl sites for hydroxylation is 1. The van der Waals surface area contributed by atoms with E-state index in [0.717, 1.165) is 49.3 Å². The van der Waals surface area contributed by atoms with Crippen LogP contribution in [-0.2, 0) is 17.6 Å². The van der Waals surface area contributed by atoms with Crippen molar-refractivity contribution in [1.82, 2.24) is 10.3 Å². The molecule has 0 spiro atoms. The highest BCUT2D eigenvalue weighted by molar-refractivity contribution is 5.99. The molecule has 0 saturated carbocycles. The Balaban J connectivity index is 1.55. The molecule has 0 radical (unpaired) electrons. The van der Waals surface area contributed by atoms with Crippen LogP contribution < -0.4 is 5.32 Å². The summed E-state index contributed by atoms with van der Waals surface area (Å²) in [6, 6.07) is 6.01. The van der Waals surface area contributed by atoms with E-state index in [0.29, 0.717) is 6.54 Å². The summed E-state index contributed by atoms with van der Waals surface area (Å²) in [6.45, 7) is 3.74. The van der Waals surface area contributed by atoms with E-state index >= 15 is 0 Å². The number of H-pyrrole nitrogens is 1. The zero-order valence-corrected chi connectivity index (χ0v) is 13.7. The van der Waals surface area contributed by atoms with Gasteiger partial charge < -0.3 is 15.0 Å². The molecule has 2 N–H and O–H groups in total. The summed E-state index contributed by atoms with van der Waals surface area (Å²) in [5.74, 6) is 0.722. The molecule has 1 saturated heterocycles. The zero-order valence-electron chi connectivity index (χ0n) is 13.7. The third-order valence-electron chi connectivity index (χ3n) is 5.21. The van der Waals surface area contributed by atoms with Crippen LogP contribution in [0.4, 0.5) is 0 Å². The average molecular weight is 312 g/mol. The maximum Gasteiger partial charge on any atom is 0.251 e. The highest BCUT2D eigenvalue weighted by Gasteiger charge is 2.21. The Morgan fingerprint density at radius 3 is 3.13 bits per heavy atom. The number of hydrogen-bond donors (Lipinski definition) is 2. The van der Waals surface area contributed by atoms with Gasteiger partial charge in [0, 0.05) is 35.3 Å². The van der Waals surface area contributed by atoms with E-state index in [1.807, 2.05) is 18.2 Å². The first-order valence-corrected chi connectivity index (χ1v) is 8.74. The molecule has 4 rings (SSSR count). The third kappa shape index (κ3) is 2.88. The Bertz CT molecular complexity index is 728. The van der Waals surface area contributed by atoms with Gasteiger partial charge >= 0.3 is 0 Å². The predicted molar refractivity (Wildman–Crippen MR) is 90.8 cm³/mol. The molecule has 1 aliphatic heterocycles. The topological polar surface area (TPSA) is 54.1 Å². The molecule has 4 nitrogen and oxygen atoms in total. The fraction of sp³-hybridized carbons (Fsp3) is 0.526. The van der Waals surface area contributed by atoms with Gasteiger partial charge in [0.1, 0.15) is 0 Å². The van der Waals surface area contributed by atoms with Gasteiger partial charge in [-0.2, -0.15) is 0 Å². The van der Waals surface area contributed by atoms with Gasteiger partial charge in [0.05, 0.1) is 6.10 Å². The highest BCUT2D eigenvalue weighted by atomic mass is 16.5. The summed E-state index contributed by atoms with van der Waals surface area (Å²) >= 11 is 0. The van der Waals surface area contributed by atoms with Crippen LogP contribution in [0, 0.1) is 5.92 Å². The second-order valence-electron chi connectivity index (χ2n) is 7.04. The number of aromatic amines is 1. The average Bonchev–Trinajstić information content (AvgIpc) is 3.19. The Morgan fingerprint density at radius 1 is 1.39 bits per heavy atom. The van der Waals surface area contributed by atoms with Crippen molar-refractivity contribution in [3.05, 3.63) is 35.0 Å². The molecule has 0 unspecified atom stereocenters. The van der Waals surface area contributed by atoms with Crippen molar-refractivity contribution in [2.24, 2.45) is 5.92 Å². The number of ether oxygens (including phenoxy) is 1. The quantitative estimate of drug-likeness (QED) is 0.914. The lowest BCUT2D eigenvalue weighted by atomic mass is 9.87. The fourth-order valence-electron chi connectivity index (χ4n) is 3.85. The summed E-state index contributed by atoms with van der Waals surface area (Å²) < 4.78 is 5.56. The summed E-state index contributed by atoms with van der Waals surface area (Å²) in [6.07, 6.45) is 5.79. The lowest BCUT2D eigenvalue weighted by Crippen LogP contribution is -2.31. The predicted octanol–water partition coefficient (Wildman–Crippen LogP) is 3.20. The van der Waals surface area contributed by atoms with E-state index in [9.17, 15) is 4.79 Å². The van der Waals surface area contributed by atoms with Crippen molar-refractivity contribution in [2.75, 3.05) is 13.2 Å². The Morgan fingerprint density at radius 2 is 2.30 bits per heavy atom. The number of hydrogen-bond acceptors (Lipinski definition) is 2. The Labute approximate surface area is 136 Å². The standard InChI is InChI=1S/C19H24N2O2/c1-12-4-6-17-15(9-12)16-10-13(5-7-18(16)21-17)19(22)20-11-14-3-2-8-23-14/h5,7,10,12,14,21H,2-4,6,8-9,11H2,1H3,(H,20,22)/t12-,14+/m0/s1. The van der Waals surface area contributed by atoms with Gasteiger partial charge in [-0.25, -0.2) is 0 Å². The zero-order chi connectivity index (χ0) is 15.8.